The van der Waals surface area contributed by atoms with Gasteiger partial charge in [0.1, 0.15) is 16.4 Å². The van der Waals surface area contributed by atoms with Gasteiger partial charge in [0.05, 0.1) is 11.6 Å². The number of rotatable bonds is 5. The molecule has 1 N–H and O–H groups in total. The molecule has 0 radical (unpaired) electrons. The SMILES string of the molecule is CCN=C/C(C(=O)OCC)=C(\O)c1nc(Cl)ccc1Cl. The third-order valence-electron chi connectivity index (χ3n) is 2.19. The molecule has 0 fully saturated rings. The summed E-state index contributed by atoms with van der Waals surface area (Å²) in [6.07, 6.45) is 1.23. The molecule has 0 atom stereocenters. The van der Waals surface area contributed by atoms with Crippen LogP contribution in [0.5, 0.6) is 0 Å². The molecule has 1 heterocycles. The Morgan fingerprint density at radius 3 is 2.75 bits per heavy atom. The first-order valence-corrected chi connectivity index (χ1v) is 6.69. The van der Waals surface area contributed by atoms with Crippen LogP contribution < -0.4 is 0 Å². The first-order chi connectivity index (χ1) is 9.51. The molecule has 108 valence electrons. The van der Waals surface area contributed by atoms with Gasteiger partial charge in [-0.1, -0.05) is 23.2 Å². The monoisotopic (exact) mass is 316 g/mol. The maximum atomic E-state index is 11.8. The van der Waals surface area contributed by atoms with E-state index in [4.69, 9.17) is 27.9 Å². The fraction of sp³-hybridized carbons (Fsp3) is 0.308. The van der Waals surface area contributed by atoms with Crippen LogP contribution >= 0.6 is 23.2 Å². The van der Waals surface area contributed by atoms with E-state index >= 15 is 0 Å². The number of esters is 1. The van der Waals surface area contributed by atoms with Crippen molar-refractivity contribution in [1.82, 2.24) is 4.98 Å². The second kappa shape index (κ2) is 7.87. The van der Waals surface area contributed by atoms with E-state index in [1.54, 1.807) is 13.8 Å². The standard InChI is InChI=1S/C13H14Cl2N2O3/c1-3-16-7-8(13(19)20-4-2)12(18)11-9(14)5-6-10(15)17-11/h5-7,18H,3-4H2,1-2H3/b12-8+,16-7?. The van der Waals surface area contributed by atoms with Gasteiger partial charge >= 0.3 is 5.97 Å². The Morgan fingerprint density at radius 2 is 2.15 bits per heavy atom. The maximum Gasteiger partial charge on any atom is 0.343 e. The van der Waals surface area contributed by atoms with Crippen molar-refractivity contribution < 1.29 is 14.6 Å². The number of halogens is 2. The van der Waals surface area contributed by atoms with Crippen molar-refractivity contribution in [3.8, 4) is 0 Å². The highest BCUT2D eigenvalue weighted by Crippen LogP contribution is 2.24. The molecular weight excluding hydrogens is 303 g/mol. The summed E-state index contributed by atoms with van der Waals surface area (Å²) in [5.41, 5.74) is -0.116. The quantitative estimate of drug-likeness (QED) is 0.297. The zero-order valence-electron chi connectivity index (χ0n) is 11.1. The average Bonchev–Trinajstić information content (AvgIpc) is 2.42. The maximum absolute atomic E-state index is 11.8. The molecule has 20 heavy (non-hydrogen) atoms. The molecule has 0 aliphatic rings. The Kier molecular flexibility index (Phi) is 6.48. The molecule has 0 aliphatic carbocycles. The summed E-state index contributed by atoms with van der Waals surface area (Å²) in [5.74, 6) is -1.13. The van der Waals surface area contributed by atoms with Gasteiger partial charge in [0.2, 0.25) is 0 Å². The van der Waals surface area contributed by atoms with E-state index < -0.39 is 11.7 Å². The first-order valence-electron chi connectivity index (χ1n) is 5.93. The van der Waals surface area contributed by atoms with Crippen LogP contribution in [0.1, 0.15) is 19.5 Å². The van der Waals surface area contributed by atoms with Crippen LogP contribution in [0.25, 0.3) is 5.76 Å². The van der Waals surface area contributed by atoms with Crippen molar-refractivity contribution in [2.75, 3.05) is 13.2 Å². The molecule has 1 aromatic rings. The van der Waals surface area contributed by atoms with Gasteiger partial charge in [-0.15, -0.1) is 0 Å². The van der Waals surface area contributed by atoms with E-state index in [-0.39, 0.29) is 28.0 Å². The van der Waals surface area contributed by atoms with Gasteiger partial charge in [-0.05, 0) is 26.0 Å². The zero-order chi connectivity index (χ0) is 15.1. The molecule has 1 rings (SSSR count). The Balaban J connectivity index is 3.35. The number of ether oxygens (including phenoxy) is 1. The summed E-state index contributed by atoms with van der Waals surface area (Å²) in [6.45, 7) is 4.08. The van der Waals surface area contributed by atoms with Crippen LogP contribution in [0.3, 0.4) is 0 Å². The van der Waals surface area contributed by atoms with Crippen molar-refractivity contribution in [3.63, 3.8) is 0 Å². The minimum Gasteiger partial charge on any atom is -0.505 e. The highest BCUT2D eigenvalue weighted by molar-refractivity contribution is 6.33. The number of pyridine rings is 1. The van der Waals surface area contributed by atoms with Gasteiger partial charge in [-0.3, -0.25) is 4.99 Å². The van der Waals surface area contributed by atoms with Crippen LogP contribution in [0.15, 0.2) is 22.7 Å². The fourth-order valence-electron chi connectivity index (χ4n) is 1.31. The van der Waals surface area contributed by atoms with Crippen LogP contribution in [-0.2, 0) is 9.53 Å². The number of hydrogen-bond acceptors (Lipinski definition) is 5. The van der Waals surface area contributed by atoms with Gasteiger partial charge in [0, 0.05) is 12.8 Å². The molecule has 0 saturated carbocycles. The lowest BCUT2D eigenvalue weighted by molar-refractivity contribution is -0.137. The van der Waals surface area contributed by atoms with E-state index in [1.165, 1.54) is 18.3 Å². The molecule has 0 aromatic carbocycles. The number of nitrogens with zero attached hydrogens (tertiary/aromatic N) is 2. The molecular formula is C13H14Cl2N2O3. The molecule has 0 aliphatic heterocycles. The molecule has 0 saturated heterocycles. The normalized spacial score (nSPS) is 12.4. The van der Waals surface area contributed by atoms with Crippen LogP contribution in [0.4, 0.5) is 0 Å². The van der Waals surface area contributed by atoms with Gasteiger partial charge < -0.3 is 9.84 Å². The van der Waals surface area contributed by atoms with Gasteiger partial charge in [-0.2, -0.15) is 0 Å². The number of aliphatic hydroxyl groups is 1. The van der Waals surface area contributed by atoms with Gasteiger partial charge in [0.15, 0.2) is 5.76 Å². The number of aliphatic imine (C=N–C) groups is 1. The average molecular weight is 317 g/mol. The summed E-state index contributed by atoms with van der Waals surface area (Å²) >= 11 is 11.7. The van der Waals surface area contributed by atoms with Gasteiger partial charge in [-0.25, -0.2) is 9.78 Å². The number of aromatic nitrogens is 1. The number of hydrogen-bond donors (Lipinski definition) is 1. The van der Waals surface area contributed by atoms with E-state index in [0.29, 0.717) is 6.54 Å². The van der Waals surface area contributed by atoms with Crippen molar-refractivity contribution in [2.45, 2.75) is 13.8 Å². The zero-order valence-corrected chi connectivity index (χ0v) is 12.6. The van der Waals surface area contributed by atoms with Crippen molar-refractivity contribution in [3.05, 3.63) is 33.6 Å². The number of carbonyl (C=O) groups is 1. The van der Waals surface area contributed by atoms with E-state index in [9.17, 15) is 9.90 Å². The Labute approximate surface area is 126 Å². The molecule has 0 spiro atoms. The lowest BCUT2D eigenvalue weighted by Gasteiger charge is -2.07. The molecule has 0 bridgehead atoms. The molecule has 5 nitrogen and oxygen atoms in total. The molecule has 0 unspecified atom stereocenters. The largest absolute Gasteiger partial charge is 0.505 e. The molecule has 7 heteroatoms. The Hall–Kier alpha value is -1.59. The summed E-state index contributed by atoms with van der Waals surface area (Å²) < 4.78 is 4.86. The van der Waals surface area contributed by atoms with E-state index in [1.807, 2.05) is 0 Å². The lowest BCUT2D eigenvalue weighted by atomic mass is 10.2. The minimum atomic E-state index is -0.708. The van der Waals surface area contributed by atoms with Gasteiger partial charge in [0.25, 0.3) is 0 Å². The highest BCUT2D eigenvalue weighted by Gasteiger charge is 2.19. The second-order valence-corrected chi connectivity index (χ2v) is 4.37. The smallest absolute Gasteiger partial charge is 0.343 e. The fourth-order valence-corrected chi connectivity index (χ4v) is 1.66. The minimum absolute atomic E-state index is 0.00442. The van der Waals surface area contributed by atoms with E-state index in [2.05, 4.69) is 9.98 Å². The van der Waals surface area contributed by atoms with Crippen LogP contribution in [0.2, 0.25) is 10.2 Å². The topological polar surface area (TPSA) is 71.8 Å². The van der Waals surface area contributed by atoms with Crippen molar-refractivity contribution >= 4 is 41.1 Å². The Morgan fingerprint density at radius 1 is 1.45 bits per heavy atom. The summed E-state index contributed by atoms with van der Waals surface area (Å²) in [6, 6.07) is 2.95. The molecule has 0 amide bonds. The highest BCUT2D eigenvalue weighted by atomic mass is 35.5. The van der Waals surface area contributed by atoms with Crippen molar-refractivity contribution in [2.24, 2.45) is 4.99 Å². The van der Waals surface area contributed by atoms with Crippen LogP contribution in [0, 0.1) is 0 Å². The Bertz CT molecular complexity index is 557. The number of carbonyl (C=O) groups excluding carboxylic acids is 1. The third kappa shape index (κ3) is 4.21. The molecule has 1 aromatic heterocycles. The van der Waals surface area contributed by atoms with Crippen molar-refractivity contribution in [1.29, 1.82) is 0 Å². The predicted octanol–water partition coefficient (Wildman–Crippen LogP) is 3.31. The summed E-state index contributed by atoms with van der Waals surface area (Å²) in [5, 5.41) is 10.5. The second-order valence-electron chi connectivity index (χ2n) is 3.58. The lowest BCUT2D eigenvalue weighted by Crippen LogP contribution is -2.12. The predicted molar refractivity (Wildman–Crippen MR) is 79.5 cm³/mol. The number of aliphatic hydroxyl groups excluding tert-OH is 1. The van der Waals surface area contributed by atoms with Crippen LogP contribution in [-0.4, -0.2) is 35.4 Å². The van der Waals surface area contributed by atoms with E-state index in [0.717, 1.165) is 0 Å². The summed E-state index contributed by atoms with van der Waals surface area (Å²) in [7, 11) is 0. The summed E-state index contributed by atoms with van der Waals surface area (Å²) in [4.78, 5) is 19.7. The third-order valence-corrected chi connectivity index (χ3v) is 2.71. The first kappa shape index (κ1) is 16.5.